The number of anilines is 1. The Kier molecular flexibility index (Phi) is 7.24. The van der Waals surface area contributed by atoms with E-state index in [0.29, 0.717) is 19.3 Å². The van der Waals surface area contributed by atoms with Crippen molar-refractivity contribution in [3.63, 3.8) is 0 Å². The summed E-state index contributed by atoms with van der Waals surface area (Å²) in [4.78, 5) is 27.6. The van der Waals surface area contributed by atoms with Gasteiger partial charge in [-0.15, -0.1) is 0 Å². The lowest BCUT2D eigenvalue weighted by Gasteiger charge is -2.33. The maximum Gasteiger partial charge on any atom is 0.244 e. The number of hydrogen-bond acceptors (Lipinski definition) is 4. The van der Waals surface area contributed by atoms with Crippen molar-refractivity contribution in [2.45, 2.75) is 19.3 Å². The van der Waals surface area contributed by atoms with E-state index in [0.717, 1.165) is 38.3 Å². The molecule has 0 radical (unpaired) electrons. The first-order valence-corrected chi connectivity index (χ1v) is 10.4. The monoisotopic (exact) mass is 387 g/mol. The Balaban J connectivity index is 1.28. The molecule has 1 aromatic heterocycles. The number of carbonyl (C=O) groups excluding carboxylic acids is 2. The summed E-state index contributed by atoms with van der Waals surface area (Å²) in [5, 5.41) is 4.03. The maximum absolute atomic E-state index is 12.0. The summed E-state index contributed by atoms with van der Waals surface area (Å²) in [5.41, 5.74) is 7.45. The van der Waals surface area contributed by atoms with Gasteiger partial charge < -0.3 is 9.80 Å². The number of hydrogen-bond donors (Lipinski definition) is 3. The van der Waals surface area contributed by atoms with E-state index in [-0.39, 0.29) is 11.8 Å². The highest BCUT2D eigenvalue weighted by molar-refractivity contribution is 7.07. The third kappa shape index (κ3) is 6.37. The van der Waals surface area contributed by atoms with Crippen molar-refractivity contribution < 1.29 is 14.5 Å². The van der Waals surface area contributed by atoms with Gasteiger partial charge in [0, 0.05) is 12.1 Å². The number of rotatable bonds is 7. The van der Waals surface area contributed by atoms with Crippen LogP contribution in [0, 0.1) is 0 Å². The lowest BCUT2D eigenvalue weighted by Crippen LogP contribution is -3.15. The van der Waals surface area contributed by atoms with E-state index in [1.165, 1.54) is 10.6 Å². The number of hydrazine groups is 1. The molecule has 7 heteroatoms. The molecule has 1 aliphatic heterocycles. The van der Waals surface area contributed by atoms with E-state index < -0.39 is 0 Å². The summed E-state index contributed by atoms with van der Waals surface area (Å²) in [7, 11) is 0. The van der Waals surface area contributed by atoms with Gasteiger partial charge in [-0.2, -0.15) is 11.3 Å². The lowest BCUT2D eigenvalue weighted by atomic mass is 10.2. The minimum atomic E-state index is -0.154. The van der Waals surface area contributed by atoms with Gasteiger partial charge in [0.1, 0.15) is 0 Å². The molecule has 0 bridgehead atoms. The van der Waals surface area contributed by atoms with Crippen LogP contribution in [0.1, 0.15) is 18.4 Å². The number of thiophene rings is 1. The molecule has 0 aliphatic carbocycles. The van der Waals surface area contributed by atoms with Gasteiger partial charge in [-0.25, -0.2) is 0 Å². The van der Waals surface area contributed by atoms with Crippen LogP contribution in [-0.2, 0) is 16.0 Å². The van der Waals surface area contributed by atoms with Crippen LogP contribution < -0.4 is 20.7 Å². The molecule has 0 atom stereocenters. The predicted octanol–water partition coefficient (Wildman–Crippen LogP) is 0.623. The van der Waals surface area contributed by atoms with Gasteiger partial charge in [0.05, 0.1) is 39.1 Å². The molecule has 1 saturated heterocycles. The molecule has 1 aliphatic rings. The minimum absolute atomic E-state index is 0.128. The normalized spacial score (nSPS) is 14.7. The van der Waals surface area contributed by atoms with Gasteiger partial charge in [-0.05, 0) is 40.9 Å². The number of aryl methyl sites for hydroxylation is 1. The summed E-state index contributed by atoms with van der Waals surface area (Å²) >= 11 is 1.62. The van der Waals surface area contributed by atoms with Crippen LogP contribution in [0.4, 0.5) is 5.69 Å². The second-order valence-corrected chi connectivity index (χ2v) is 7.58. The maximum atomic E-state index is 12.0. The number of nitrogens with one attached hydrogen (secondary N) is 3. The Morgan fingerprint density at radius 1 is 1.00 bits per heavy atom. The number of para-hydroxylation sites is 1. The third-order valence-corrected chi connectivity index (χ3v) is 5.59. The second-order valence-electron chi connectivity index (χ2n) is 6.80. The smallest absolute Gasteiger partial charge is 0.244 e. The van der Waals surface area contributed by atoms with E-state index in [4.69, 9.17) is 0 Å². The van der Waals surface area contributed by atoms with Crippen LogP contribution in [0.25, 0.3) is 0 Å². The van der Waals surface area contributed by atoms with Crippen molar-refractivity contribution >= 4 is 28.8 Å². The fourth-order valence-electron chi connectivity index (χ4n) is 3.22. The van der Waals surface area contributed by atoms with Crippen molar-refractivity contribution in [1.82, 2.24) is 10.9 Å². The van der Waals surface area contributed by atoms with E-state index in [1.807, 2.05) is 22.9 Å². The van der Waals surface area contributed by atoms with Gasteiger partial charge in [-0.1, -0.05) is 18.2 Å². The van der Waals surface area contributed by atoms with Crippen molar-refractivity contribution in [3.05, 3.63) is 52.7 Å². The first-order valence-electron chi connectivity index (χ1n) is 9.43. The highest BCUT2D eigenvalue weighted by atomic mass is 32.1. The summed E-state index contributed by atoms with van der Waals surface area (Å²) < 4.78 is 0. The molecule has 0 unspecified atom stereocenters. The van der Waals surface area contributed by atoms with E-state index in [9.17, 15) is 9.59 Å². The van der Waals surface area contributed by atoms with Crippen LogP contribution in [0.3, 0.4) is 0 Å². The molecule has 6 nitrogen and oxygen atoms in total. The van der Waals surface area contributed by atoms with Gasteiger partial charge in [0.25, 0.3) is 0 Å². The minimum Gasteiger partial charge on any atom is -0.360 e. The van der Waals surface area contributed by atoms with Crippen LogP contribution in [0.2, 0.25) is 0 Å². The second kappa shape index (κ2) is 10.1. The van der Waals surface area contributed by atoms with E-state index in [2.05, 4.69) is 40.0 Å². The Hall–Kier alpha value is -2.38. The lowest BCUT2D eigenvalue weighted by molar-refractivity contribution is -0.900. The van der Waals surface area contributed by atoms with Gasteiger partial charge in [-0.3, -0.25) is 20.4 Å². The SMILES string of the molecule is O=C(CCc1ccsc1)NNC(=O)CC[NH+]1CCN(c2ccccc2)CC1. The number of nitrogens with zero attached hydrogens (tertiary/aromatic N) is 1. The molecule has 1 aromatic carbocycles. The quantitative estimate of drug-likeness (QED) is 0.611. The molecular weight excluding hydrogens is 360 g/mol. The van der Waals surface area contributed by atoms with Crippen molar-refractivity contribution in [2.24, 2.45) is 0 Å². The Labute approximate surface area is 164 Å². The molecule has 2 amide bonds. The van der Waals surface area contributed by atoms with E-state index in [1.54, 1.807) is 11.3 Å². The van der Waals surface area contributed by atoms with Gasteiger partial charge in [0.15, 0.2) is 0 Å². The molecule has 2 heterocycles. The first-order chi connectivity index (χ1) is 13.2. The number of benzene rings is 1. The fraction of sp³-hybridized carbons (Fsp3) is 0.400. The number of carbonyl (C=O) groups is 2. The largest absolute Gasteiger partial charge is 0.360 e. The summed E-state index contributed by atoms with van der Waals surface area (Å²) in [6, 6.07) is 12.4. The Morgan fingerprint density at radius 3 is 2.37 bits per heavy atom. The molecule has 144 valence electrons. The average molecular weight is 388 g/mol. The summed E-state index contributed by atoms with van der Waals surface area (Å²) in [6.45, 7) is 4.84. The number of piperazine rings is 1. The van der Waals surface area contributed by atoms with Crippen molar-refractivity contribution in [1.29, 1.82) is 0 Å². The van der Waals surface area contributed by atoms with Crippen LogP contribution in [0.5, 0.6) is 0 Å². The van der Waals surface area contributed by atoms with Crippen molar-refractivity contribution in [2.75, 3.05) is 37.6 Å². The van der Waals surface area contributed by atoms with Gasteiger partial charge in [0.2, 0.25) is 11.8 Å². The fourth-order valence-corrected chi connectivity index (χ4v) is 3.92. The average Bonchev–Trinajstić information content (AvgIpc) is 3.24. The van der Waals surface area contributed by atoms with E-state index >= 15 is 0 Å². The van der Waals surface area contributed by atoms with Gasteiger partial charge >= 0.3 is 0 Å². The Morgan fingerprint density at radius 2 is 1.70 bits per heavy atom. The standard InChI is InChI=1S/C20H26N4O2S/c25-19(7-6-17-9-15-27-16-17)21-22-20(26)8-10-23-11-13-24(14-12-23)18-4-2-1-3-5-18/h1-5,9,15-16H,6-8,10-14H2,(H,21,25)(H,22,26)/p+1. The molecule has 0 saturated carbocycles. The number of quaternary nitrogens is 1. The third-order valence-electron chi connectivity index (χ3n) is 4.86. The molecule has 0 spiro atoms. The summed E-state index contributed by atoms with van der Waals surface area (Å²) in [5.74, 6) is -0.282. The molecule has 2 aromatic rings. The molecule has 3 N–H and O–H groups in total. The Bertz CT molecular complexity index is 713. The van der Waals surface area contributed by atoms with Crippen molar-refractivity contribution in [3.8, 4) is 0 Å². The first kappa shape index (κ1) is 19.4. The van der Waals surface area contributed by atoms with Crippen LogP contribution >= 0.6 is 11.3 Å². The molecular formula is C20H27N4O2S+. The summed E-state index contributed by atoms with van der Waals surface area (Å²) in [6.07, 6.45) is 1.50. The molecule has 3 rings (SSSR count). The topological polar surface area (TPSA) is 65.9 Å². The highest BCUT2D eigenvalue weighted by Gasteiger charge is 2.20. The molecule has 1 fully saturated rings. The van der Waals surface area contributed by atoms with Crippen LogP contribution in [-0.4, -0.2) is 44.5 Å². The highest BCUT2D eigenvalue weighted by Crippen LogP contribution is 2.12. The molecule has 27 heavy (non-hydrogen) atoms. The van der Waals surface area contributed by atoms with Crippen LogP contribution in [0.15, 0.2) is 47.2 Å². The zero-order valence-corrected chi connectivity index (χ0v) is 16.3. The zero-order valence-electron chi connectivity index (χ0n) is 15.4. The zero-order chi connectivity index (χ0) is 18.9. The number of amides is 2. The predicted molar refractivity (Wildman–Crippen MR) is 108 cm³/mol.